The highest BCUT2D eigenvalue weighted by Crippen LogP contribution is 2.38. The van der Waals surface area contributed by atoms with Crippen molar-refractivity contribution >= 4 is 17.6 Å². The Hall–Kier alpha value is -2.17. The van der Waals surface area contributed by atoms with Crippen molar-refractivity contribution in [2.75, 3.05) is 13.1 Å². The third kappa shape index (κ3) is 2.02. The van der Waals surface area contributed by atoms with E-state index in [1.54, 1.807) is 23.1 Å². The van der Waals surface area contributed by atoms with Gasteiger partial charge in [0, 0.05) is 30.6 Å². The Morgan fingerprint density at radius 3 is 2.70 bits per heavy atom. The molecule has 120 valence electrons. The molecule has 5 nitrogen and oxygen atoms in total. The lowest BCUT2D eigenvalue weighted by atomic mass is 9.90. The van der Waals surface area contributed by atoms with Crippen molar-refractivity contribution in [3.8, 4) is 0 Å². The molecule has 1 heterocycles. The van der Waals surface area contributed by atoms with E-state index in [2.05, 4.69) is 5.32 Å². The number of hydrogen-bond acceptors (Lipinski definition) is 3. The Balaban J connectivity index is 1.74. The average Bonchev–Trinajstić information content (AvgIpc) is 3.18. The van der Waals surface area contributed by atoms with E-state index in [0.717, 1.165) is 31.2 Å². The van der Waals surface area contributed by atoms with Gasteiger partial charge in [-0.15, -0.1) is 0 Å². The topological polar surface area (TPSA) is 66.5 Å². The molecular formula is C18H20N2O3. The average molecular weight is 312 g/mol. The van der Waals surface area contributed by atoms with Crippen LogP contribution in [0.2, 0.25) is 0 Å². The minimum absolute atomic E-state index is 0.0155. The quantitative estimate of drug-likeness (QED) is 0.858. The first kappa shape index (κ1) is 14.4. The molecule has 1 aliphatic heterocycles. The van der Waals surface area contributed by atoms with Crippen molar-refractivity contribution in [2.24, 2.45) is 0 Å². The first-order valence-electron chi connectivity index (χ1n) is 8.39. The summed E-state index contributed by atoms with van der Waals surface area (Å²) in [5.41, 5.74) is 1.47. The molecule has 0 aromatic heterocycles. The molecule has 5 heteroatoms. The molecule has 0 unspecified atom stereocenters. The van der Waals surface area contributed by atoms with E-state index < -0.39 is 5.54 Å². The molecule has 2 fully saturated rings. The minimum atomic E-state index is -0.680. The van der Waals surface area contributed by atoms with Crippen LogP contribution in [0.4, 0.5) is 0 Å². The number of carbonyl (C=O) groups is 3. The zero-order valence-electron chi connectivity index (χ0n) is 13.1. The largest absolute Gasteiger partial charge is 0.352 e. The third-order valence-corrected chi connectivity index (χ3v) is 5.55. The van der Waals surface area contributed by atoms with E-state index in [0.29, 0.717) is 37.1 Å². The molecule has 3 aliphatic rings. The molecule has 2 amide bonds. The van der Waals surface area contributed by atoms with E-state index >= 15 is 0 Å². The van der Waals surface area contributed by atoms with Gasteiger partial charge in [0.25, 0.3) is 5.91 Å². The lowest BCUT2D eigenvalue weighted by molar-refractivity contribution is -0.134. The molecule has 4 rings (SSSR count). The number of piperazine rings is 1. The lowest BCUT2D eigenvalue weighted by Crippen LogP contribution is -2.65. The minimum Gasteiger partial charge on any atom is -0.352 e. The van der Waals surface area contributed by atoms with Crippen molar-refractivity contribution in [3.63, 3.8) is 0 Å². The second-order valence-corrected chi connectivity index (χ2v) is 6.71. The van der Waals surface area contributed by atoms with Crippen LogP contribution >= 0.6 is 0 Å². The summed E-state index contributed by atoms with van der Waals surface area (Å²) >= 11 is 0. The standard InChI is InChI=1S/C18H20N2O3/c21-15-7-6-12-13(15)4-3-5-14(12)16(22)20-11-10-19-17(23)18(20)8-1-2-9-18/h3-5H,1-2,6-11H2,(H,19,23). The fraction of sp³-hybridized carbons (Fsp3) is 0.500. The number of carbonyl (C=O) groups excluding carboxylic acids is 3. The molecule has 2 aliphatic carbocycles. The van der Waals surface area contributed by atoms with Gasteiger partial charge >= 0.3 is 0 Å². The summed E-state index contributed by atoms with van der Waals surface area (Å²) in [6.45, 7) is 1.04. The molecule has 1 aromatic rings. The third-order valence-electron chi connectivity index (χ3n) is 5.55. The van der Waals surface area contributed by atoms with Gasteiger partial charge in [0.05, 0.1) is 0 Å². The highest BCUT2D eigenvalue weighted by molar-refractivity contribution is 6.07. The number of benzene rings is 1. The van der Waals surface area contributed by atoms with Crippen LogP contribution in [0.15, 0.2) is 18.2 Å². The number of nitrogens with zero attached hydrogens (tertiary/aromatic N) is 1. The summed E-state index contributed by atoms with van der Waals surface area (Å²) in [7, 11) is 0. The van der Waals surface area contributed by atoms with Gasteiger partial charge in [-0.1, -0.05) is 25.0 Å². The van der Waals surface area contributed by atoms with Gasteiger partial charge in [-0.05, 0) is 30.9 Å². The van der Waals surface area contributed by atoms with Crippen LogP contribution in [0.1, 0.15) is 58.4 Å². The molecule has 0 radical (unpaired) electrons. The summed E-state index contributed by atoms with van der Waals surface area (Å²) in [6.07, 6.45) is 4.52. The van der Waals surface area contributed by atoms with Gasteiger partial charge in [-0.25, -0.2) is 0 Å². The number of nitrogens with one attached hydrogen (secondary N) is 1. The van der Waals surface area contributed by atoms with Crippen LogP contribution in [-0.4, -0.2) is 41.1 Å². The van der Waals surface area contributed by atoms with Crippen LogP contribution < -0.4 is 5.32 Å². The Labute approximate surface area is 135 Å². The molecule has 1 aromatic carbocycles. The fourth-order valence-electron chi connectivity index (χ4n) is 4.37. The molecule has 1 saturated carbocycles. The van der Waals surface area contributed by atoms with Crippen molar-refractivity contribution in [3.05, 3.63) is 34.9 Å². The Kier molecular flexibility index (Phi) is 3.25. The summed E-state index contributed by atoms with van der Waals surface area (Å²) in [5.74, 6) is 0.00756. The number of Topliss-reactive ketones (excluding diaryl/α,β-unsaturated/α-hetero) is 1. The van der Waals surface area contributed by atoms with E-state index in [1.807, 2.05) is 0 Å². The Morgan fingerprint density at radius 2 is 1.91 bits per heavy atom. The van der Waals surface area contributed by atoms with Crippen LogP contribution in [0.5, 0.6) is 0 Å². The van der Waals surface area contributed by atoms with Crippen molar-refractivity contribution in [1.82, 2.24) is 10.2 Å². The zero-order valence-corrected chi connectivity index (χ0v) is 13.1. The maximum atomic E-state index is 13.2. The molecule has 1 saturated heterocycles. The number of hydrogen-bond donors (Lipinski definition) is 1. The second kappa shape index (κ2) is 5.18. The SMILES string of the molecule is O=C1CCc2c1cccc2C(=O)N1CCNC(=O)C12CCCC2. The number of amides is 2. The predicted octanol–water partition coefficient (Wildman–Crippen LogP) is 1.70. The maximum absolute atomic E-state index is 13.2. The number of rotatable bonds is 1. The monoisotopic (exact) mass is 312 g/mol. The number of fused-ring (bicyclic) bond motifs is 1. The number of ketones is 1. The summed E-state index contributed by atoms with van der Waals surface area (Å²) < 4.78 is 0. The van der Waals surface area contributed by atoms with Gasteiger partial charge in [-0.3, -0.25) is 14.4 Å². The Morgan fingerprint density at radius 1 is 1.13 bits per heavy atom. The molecular weight excluding hydrogens is 292 g/mol. The Bertz CT molecular complexity index is 704. The second-order valence-electron chi connectivity index (χ2n) is 6.71. The maximum Gasteiger partial charge on any atom is 0.255 e. The van der Waals surface area contributed by atoms with Crippen LogP contribution in [0, 0.1) is 0 Å². The molecule has 23 heavy (non-hydrogen) atoms. The summed E-state index contributed by atoms with van der Waals surface area (Å²) in [5, 5.41) is 2.92. The van der Waals surface area contributed by atoms with Crippen molar-refractivity contribution < 1.29 is 14.4 Å². The van der Waals surface area contributed by atoms with Gasteiger partial charge in [0.15, 0.2) is 5.78 Å². The van der Waals surface area contributed by atoms with Crippen molar-refractivity contribution in [1.29, 1.82) is 0 Å². The van der Waals surface area contributed by atoms with E-state index in [1.165, 1.54) is 0 Å². The van der Waals surface area contributed by atoms with Gasteiger partial charge in [0.2, 0.25) is 5.91 Å². The van der Waals surface area contributed by atoms with Gasteiger partial charge in [0.1, 0.15) is 5.54 Å². The highest BCUT2D eigenvalue weighted by Gasteiger charge is 2.50. The summed E-state index contributed by atoms with van der Waals surface area (Å²) in [6, 6.07) is 5.38. The van der Waals surface area contributed by atoms with E-state index in [4.69, 9.17) is 0 Å². The first-order chi connectivity index (χ1) is 11.1. The fourth-order valence-corrected chi connectivity index (χ4v) is 4.37. The van der Waals surface area contributed by atoms with Crippen LogP contribution in [-0.2, 0) is 11.2 Å². The summed E-state index contributed by atoms with van der Waals surface area (Å²) in [4.78, 5) is 39.4. The predicted molar refractivity (Wildman–Crippen MR) is 84.3 cm³/mol. The van der Waals surface area contributed by atoms with Crippen LogP contribution in [0.3, 0.4) is 0 Å². The molecule has 1 spiro atoms. The van der Waals surface area contributed by atoms with E-state index in [9.17, 15) is 14.4 Å². The highest BCUT2D eigenvalue weighted by atomic mass is 16.2. The molecule has 0 atom stereocenters. The normalized spacial score (nSPS) is 22.3. The lowest BCUT2D eigenvalue weighted by Gasteiger charge is -2.43. The van der Waals surface area contributed by atoms with E-state index in [-0.39, 0.29) is 17.6 Å². The molecule has 1 N–H and O–H groups in total. The van der Waals surface area contributed by atoms with Gasteiger partial charge in [-0.2, -0.15) is 0 Å². The smallest absolute Gasteiger partial charge is 0.255 e. The first-order valence-corrected chi connectivity index (χ1v) is 8.39. The molecule has 0 bridgehead atoms. The van der Waals surface area contributed by atoms with Gasteiger partial charge < -0.3 is 10.2 Å². The van der Waals surface area contributed by atoms with Crippen molar-refractivity contribution in [2.45, 2.75) is 44.1 Å². The van der Waals surface area contributed by atoms with Crippen LogP contribution in [0.25, 0.3) is 0 Å². The zero-order chi connectivity index (χ0) is 16.0.